The molecule has 41 heavy (non-hydrogen) atoms. The van der Waals surface area contributed by atoms with Gasteiger partial charge in [0, 0.05) is 41.0 Å². The molecule has 1 aromatic heterocycles. The van der Waals surface area contributed by atoms with Gasteiger partial charge in [-0.2, -0.15) is 5.26 Å². The van der Waals surface area contributed by atoms with E-state index >= 15 is 0 Å². The fraction of sp³-hybridized carbons (Fsp3) is 0.355. The molecule has 10 heteroatoms. The number of halogens is 3. The Morgan fingerprint density at radius 3 is 2.37 bits per heavy atom. The number of methoxy groups -OCH3 is 1. The number of hydrogen-bond donors (Lipinski definition) is 0. The average molecular weight is 583 g/mol. The number of esters is 1. The third kappa shape index (κ3) is 7.01. The average Bonchev–Trinajstić information content (AvgIpc) is 3.52. The van der Waals surface area contributed by atoms with E-state index in [1.54, 1.807) is 39.0 Å². The molecular weight excluding hydrogens is 554 g/mol. The van der Waals surface area contributed by atoms with E-state index in [1.165, 1.54) is 43.6 Å². The minimum atomic E-state index is -2.90. The summed E-state index contributed by atoms with van der Waals surface area (Å²) in [6.45, 7) is 5.26. The minimum Gasteiger partial charge on any atom is -0.495 e. The number of nitrogens with zero attached hydrogens (tertiary/aromatic N) is 2. The monoisotopic (exact) mass is 582 g/mol. The SMILES string of the molecule is COc1cn(C(CC2CC2(F)F)C(=O)Cc2ccc(C(=O)OC(C)(C)C)cc2)c(=O)cc1-c1cc(Cl)ccc1C#N. The van der Waals surface area contributed by atoms with E-state index in [4.69, 9.17) is 21.1 Å². The van der Waals surface area contributed by atoms with Crippen LogP contribution >= 0.6 is 11.6 Å². The molecule has 214 valence electrons. The second kappa shape index (κ2) is 11.5. The predicted octanol–water partition coefficient (Wildman–Crippen LogP) is 6.40. The van der Waals surface area contributed by atoms with Crippen molar-refractivity contribution in [1.82, 2.24) is 4.57 Å². The van der Waals surface area contributed by atoms with Crippen molar-refractivity contribution in [3.8, 4) is 22.9 Å². The molecule has 1 heterocycles. The molecule has 0 aliphatic heterocycles. The third-order valence-electron chi connectivity index (χ3n) is 6.79. The zero-order valence-corrected chi connectivity index (χ0v) is 23.8. The summed E-state index contributed by atoms with van der Waals surface area (Å²) in [5, 5.41) is 9.89. The van der Waals surface area contributed by atoms with Gasteiger partial charge < -0.3 is 14.0 Å². The number of carbonyl (C=O) groups is 2. The lowest BCUT2D eigenvalue weighted by molar-refractivity contribution is -0.122. The summed E-state index contributed by atoms with van der Waals surface area (Å²) >= 11 is 6.13. The molecule has 0 amide bonds. The summed E-state index contributed by atoms with van der Waals surface area (Å²) in [5.74, 6) is -4.73. The van der Waals surface area contributed by atoms with E-state index in [-0.39, 0.29) is 36.1 Å². The lowest BCUT2D eigenvalue weighted by Gasteiger charge is -2.21. The summed E-state index contributed by atoms with van der Waals surface area (Å²) in [4.78, 5) is 39.2. The summed E-state index contributed by atoms with van der Waals surface area (Å²) in [6.07, 6.45) is 0.569. The molecule has 3 aromatic rings. The Morgan fingerprint density at radius 1 is 1.15 bits per heavy atom. The number of rotatable bonds is 9. The number of nitriles is 1. The molecule has 0 spiro atoms. The van der Waals surface area contributed by atoms with Crippen molar-refractivity contribution in [3.05, 3.63) is 86.8 Å². The van der Waals surface area contributed by atoms with Crippen LogP contribution in [0.15, 0.2) is 59.5 Å². The Labute approximate surface area is 241 Å². The number of carbonyl (C=O) groups excluding carboxylic acids is 2. The highest BCUT2D eigenvalue weighted by Gasteiger charge is 2.57. The van der Waals surface area contributed by atoms with Crippen LogP contribution in [0.5, 0.6) is 5.75 Å². The van der Waals surface area contributed by atoms with Gasteiger partial charge in [0.2, 0.25) is 0 Å². The maximum absolute atomic E-state index is 13.9. The smallest absolute Gasteiger partial charge is 0.338 e. The Hall–Kier alpha value is -4.03. The van der Waals surface area contributed by atoms with Crippen molar-refractivity contribution in [2.24, 2.45) is 5.92 Å². The summed E-state index contributed by atoms with van der Waals surface area (Å²) < 4.78 is 39.9. The van der Waals surface area contributed by atoms with Crippen molar-refractivity contribution in [2.75, 3.05) is 7.11 Å². The van der Waals surface area contributed by atoms with Gasteiger partial charge >= 0.3 is 5.97 Å². The normalized spacial score (nSPS) is 16.4. The number of Topliss-reactive ketones (excluding diaryl/α,β-unsaturated/α-hetero) is 1. The van der Waals surface area contributed by atoms with Crippen LogP contribution in [-0.2, 0) is 16.0 Å². The van der Waals surface area contributed by atoms with Gasteiger partial charge in [0.25, 0.3) is 11.5 Å². The van der Waals surface area contributed by atoms with Crippen LogP contribution in [0.2, 0.25) is 5.02 Å². The highest BCUT2D eigenvalue weighted by molar-refractivity contribution is 6.31. The number of ether oxygens (including phenoxy) is 2. The maximum Gasteiger partial charge on any atom is 0.338 e. The van der Waals surface area contributed by atoms with Gasteiger partial charge in [0.15, 0.2) is 5.78 Å². The van der Waals surface area contributed by atoms with Crippen molar-refractivity contribution < 1.29 is 27.8 Å². The first-order valence-corrected chi connectivity index (χ1v) is 13.3. The quantitative estimate of drug-likeness (QED) is 0.271. The van der Waals surface area contributed by atoms with Gasteiger partial charge in [-0.3, -0.25) is 9.59 Å². The van der Waals surface area contributed by atoms with Crippen LogP contribution in [0.25, 0.3) is 11.1 Å². The number of pyridine rings is 1. The Kier molecular flexibility index (Phi) is 8.36. The number of ketones is 1. The number of aromatic nitrogens is 1. The van der Waals surface area contributed by atoms with Gasteiger partial charge in [0.05, 0.1) is 36.5 Å². The molecular formula is C31H29ClF2N2O5. The highest BCUT2D eigenvalue weighted by Crippen LogP contribution is 2.52. The van der Waals surface area contributed by atoms with Crippen LogP contribution in [0.1, 0.15) is 61.1 Å². The number of alkyl halides is 2. The lowest BCUT2D eigenvalue weighted by atomic mass is 9.97. The Bertz CT molecular complexity index is 1590. The van der Waals surface area contributed by atoms with Crippen LogP contribution in [0, 0.1) is 17.2 Å². The fourth-order valence-electron chi connectivity index (χ4n) is 4.59. The summed E-state index contributed by atoms with van der Waals surface area (Å²) in [6, 6.07) is 12.9. The summed E-state index contributed by atoms with van der Waals surface area (Å²) in [7, 11) is 1.36. The molecule has 1 fully saturated rings. The van der Waals surface area contributed by atoms with E-state index < -0.39 is 40.8 Å². The first-order valence-electron chi connectivity index (χ1n) is 13.0. The van der Waals surface area contributed by atoms with Crippen molar-refractivity contribution in [3.63, 3.8) is 0 Å². The first-order chi connectivity index (χ1) is 19.2. The molecule has 4 rings (SSSR count). The van der Waals surface area contributed by atoms with E-state index in [1.807, 2.05) is 0 Å². The molecule has 1 aliphatic carbocycles. The molecule has 1 aliphatic rings. The molecule has 0 radical (unpaired) electrons. The zero-order chi connectivity index (χ0) is 30.1. The van der Waals surface area contributed by atoms with Crippen molar-refractivity contribution in [1.29, 1.82) is 5.26 Å². The number of hydrogen-bond acceptors (Lipinski definition) is 6. The van der Waals surface area contributed by atoms with Crippen molar-refractivity contribution in [2.45, 2.75) is 57.6 Å². The predicted molar refractivity (Wildman–Crippen MR) is 149 cm³/mol. The van der Waals surface area contributed by atoms with Gasteiger partial charge in [0.1, 0.15) is 11.4 Å². The Balaban J connectivity index is 1.67. The molecule has 7 nitrogen and oxygen atoms in total. The van der Waals surface area contributed by atoms with E-state index in [0.717, 1.165) is 4.57 Å². The van der Waals surface area contributed by atoms with Crippen molar-refractivity contribution >= 4 is 23.4 Å². The van der Waals surface area contributed by atoms with Crippen LogP contribution in [0.3, 0.4) is 0 Å². The molecule has 0 saturated heterocycles. The largest absolute Gasteiger partial charge is 0.495 e. The second-order valence-corrected chi connectivity index (χ2v) is 11.5. The van der Waals surface area contributed by atoms with Crippen LogP contribution in [0.4, 0.5) is 8.78 Å². The lowest BCUT2D eigenvalue weighted by Crippen LogP contribution is -2.31. The van der Waals surface area contributed by atoms with Gasteiger partial charge in [-0.1, -0.05) is 23.7 Å². The molecule has 0 N–H and O–H groups in total. The summed E-state index contributed by atoms with van der Waals surface area (Å²) in [5.41, 5.74) is 0.466. The number of benzene rings is 2. The van der Waals surface area contributed by atoms with E-state index in [9.17, 15) is 28.4 Å². The third-order valence-corrected chi connectivity index (χ3v) is 7.03. The van der Waals surface area contributed by atoms with Crippen LogP contribution in [-0.4, -0.2) is 35.0 Å². The highest BCUT2D eigenvalue weighted by atomic mass is 35.5. The van der Waals surface area contributed by atoms with E-state index in [2.05, 4.69) is 6.07 Å². The minimum absolute atomic E-state index is 0.152. The standard InChI is InChI=1S/C31H29ClF2N2O5/c1-30(2,3)41-29(39)19-7-5-18(6-8-19)11-26(37)25(12-21-15-31(21,33)34)36-17-27(40-4)24(14-28(36)38)23-13-22(32)10-9-20(23)16-35/h5-10,13-14,17,21,25H,11-12,15H2,1-4H3. The topological polar surface area (TPSA) is 98.4 Å². The van der Waals surface area contributed by atoms with Gasteiger partial charge in [-0.25, -0.2) is 13.6 Å². The fourth-order valence-corrected chi connectivity index (χ4v) is 4.76. The molecule has 0 bridgehead atoms. The molecule has 2 unspecified atom stereocenters. The van der Waals surface area contributed by atoms with Crippen LogP contribution < -0.4 is 10.3 Å². The first kappa shape index (κ1) is 29.9. The molecule has 2 atom stereocenters. The second-order valence-electron chi connectivity index (χ2n) is 11.1. The molecule has 1 saturated carbocycles. The Morgan fingerprint density at radius 2 is 1.80 bits per heavy atom. The van der Waals surface area contributed by atoms with E-state index in [0.29, 0.717) is 21.7 Å². The molecule has 2 aromatic carbocycles. The zero-order valence-electron chi connectivity index (χ0n) is 23.0. The van der Waals surface area contributed by atoms with Gasteiger partial charge in [-0.05, 0) is 63.1 Å². The van der Waals surface area contributed by atoms with Gasteiger partial charge in [-0.15, -0.1) is 0 Å². The maximum atomic E-state index is 13.9.